The number of carbonyl (C=O) groups excluding carboxylic acids is 1. The molecule has 16 heavy (non-hydrogen) atoms. The van der Waals surface area contributed by atoms with E-state index in [4.69, 9.17) is 20.4 Å². The molecule has 5 N–H and O–H groups in total. The van der Waals surface area contributed by atoms with Crippen LogP contribution in [0.4, 0.5) is 4.79 Å². The third kappa shape index (κ3) is 3.93. The molecular weight excluding hydrogens is 216 g/mol. The first-order valence-electron chi connectivity index (χ1n) is 5.15. The van der Waals surface area contributed by atoms with Crippen LogP contribution in [0.1, 0.15) is 6.92 Å². The van der Waals surface area contributed by atoms with Crippen molar-refractivity contribution < 1.29 is 25.2 Å². The molecule has 0 heterocycles. The standard InChI is InChI=1S/C9H20N2O5/c1-2-10-9(16)11(7(3-12)4-13)8(5-14)6-15/h7-8,12-15H,2-6H2,1H3,(H,10,16). The Hall–Kier alpha value is -0.890. The van der Waals surface area contributed by atoms with Crippen molar-refractivity contribution in [1.82, 2.24) is 10.2 Å². The fourth-order valence-electron chi connectivity index (χ4n) is 1.34. The lowest BCUT2D eigenvalue weighted by Gasteiger charge is -2.34. The molecule has 2 amide bonds. The van der Waals surface area contributed by atoms with Crippen LogP contribution in [0.25, 0.3) is 0 Å². The van der Waals surface area contributed by atoms with Crippen LogP contribution in [0.5, 0.6) is 0 Å². The second-order valence-corrected chi connectivity index (χ2v) is 3.28. The number of hydrogen-bond donors (Lipinski definition) is 5. The highest BCUT2D eigenvalue weighted by Gasteiger charge is 2.29. The van der Waals surface area contributed by atoms with Gasteiger partial charge in [-0.15, -0.1) is 0 Å². The van der Waals surface area contributed by atoms with Crippen LogP contribution in [0.15, 0.2) is 0 Å². The molecule has 0 aromatic rings. The summed E-state index contributed by atoms with van der Waals surface area (Å²) in [6.07, 6.45) is 0. The number of nitrogens with zero attached hydrogens (tertiary/aromatic N) is 1. The van der Waals surface area contributed by atoms with E-state index in [1.54, 1.807) is 6.92 Å². The Labute approximate surface area is 94.3 Å². The topological polar surface area (TPSA) is 113 Å². The molecule has 0 radical (unpaired) electrons. The highest BCUT2D eigenvalue weighted by molar-refractivity contribution is 5.75. The molecule has 0 fully saturated rings. The lowest BCUT2D eigenvalue weighted by atomic mass is 10.2. The number of aliphatic hydroxyl groups excluding tert-OH is 4. The number of carbonyl (C=O) groups is 1. The van der Waals surface area contributed by atoms with Gasteiger partial charge in [0.25, 0.3) is 0 Å². The summed E-state index contributed by atoms with van der Waals surface area (Å²) >= 11 is 0. The maximum absolute atomic E-state index is 11.6. The molecule has 0 unspecified atom stereocenters. The molecule has 96 valence electrons. The van der Waals surface area contributed by atoms with Gasteiger partial charge in [0.2, 0.25) is 0 Å². The molecular formula is C9H20N2O5. The monoisotopic (exact) mass is 236 g/mol. The van der Waals surface area contributed by atoms with Crippen molar-refractivity contribution in [3.63, 3.8) is 0 Å². The van der Waals surface area contributed by atoms with Gasteiger partial charge >= 0.3 is 6.03 Å². The predicted octanol–water partition coefficient (Wildman–Crippen LogP) is -2.28. The molecule has 7 heteroatoms. The van der Waals surface area contributed by atoms with E-state index in [9.17, 15) is 4.79 Å². The second kappa shape index (κ2) is 8.28. The van der Waals surface area contributed by atoms with Crippen molar-refractivity contribution in [2.24, 2.45) is 0 Å². The van der Waals surface area contributed by atoms with Crippen LogP contribution in [0.3, 0.4) is 0 Å². The Morgan fingerprint density at radius 3 is 1.69 bits per heavy atom. The van der Waals surface area contributed by atoms with E-state index in [1.807, 2.05) is 0 Å². The summed E-state index contributed by atoms with van der Waals surface area (Å²) in [5.41, 5.74) is 0. The van der Waals surface area contributed by atoms with Crippen LogP contribution in [0.2, 0.25) is 0 Å². The molecule has 0 aromatic heterocycles. The van der Waals surface area contributed by atoms with E-state index >= 15 is 0 Å². The molecule has 7 nitrogen and oxygen atoms in total. The van der Waals surface area contributed by atoms with E-state index in [0.717, 1.165) is 4.90 Å². The molecule has 0 aliphatic carbocycles. The zero-order chi connectivity index (χ0) is 12.6. The summed E-state index contributed by atoms with van der Waals surface area (Å²) in [6.45, 7) is 0.334. The van der Waals surface area contributed by atoms with Gasteiger partial charge in [-0.25, -0.2) is 4.79 Å². The van der Waals surface area contributed by atoms with Gasteiger partial charge in [0, 0.05) is 6.54 Å². The Morgan fingerprint density at radius 1 is 1.06 bits per heavy atom. The van der Waals surface area contributed by atoms with Crippen molar-refractivity contribution in [2.45, 2.75) is 19.0 Å². The third-order valence-electron chi connectivity index (χ3n) is 2.19. The summed E-state index contributed by atoms with van der Waals surface area (Å²) in [4.78, 5) is 12.7. The highest BCUT2D eigenvalue weighted by atomic mass is 16.3. The maximum atomic E-state index is 11.6. The number of amides is 2. The maximum Gasteiger partial charge on any atom is 0.318 e. The first-order valence-corrected chi connectivity index (χ1v) is 5.15. The van der Waals surface area contributed by atoms with Gasteiger partial charge in [0.15, 0.2) is 0 Å². The van der Waals surface area contributed by atoms with Crippen molar-refractivity contribution in [2.75, 3.05) is 33.0 Å². The summed E-state index contributed by atoms with van der Waals surface area (Å²) < 4.78 is 0. The quantitative estimate of drug-likeness (QED) is 0.342. The van der Waals surface area contributed by atoms with Gasteiger partial charge in [-0.05, 0) is 6.92 Å². The van der Waals surface area contributed by atoms with Gasteiger partial charge < -0.3 is 30.6 Å². The second-order valence-electron chi connectivity index (χ2n) is 3.28. The normalized spacial score (nSPS) is 10.9. The average Bonchev–Trinajstić information content (AvgIpc) is 2.30. The van der Waals surface area contributed by atoms with E-state index in [2.05, 4.69) is 5.32 Å². The van der Waals surface area contributed by atoms with Gasteiger partial charge in [-0.2, -0.15) is 0 Å². The number of aliphatic hydroxyl groups is 4. The molecule has 0 aromatic carbocycles. The van der Waals surface area contributed by atoms with Crippen molar-refractivity contribution in [3.8, 4) is 0 Å². The molecule has 0 saturated carbocycles. The molecule has 0 atom stereocenters. The van der Waals surface area contributed by atoms with Gasteiger partial charge in [-0.1, -0.05) is 0 Å². The minimum atomic E-state index is -0.837. The van der Waals surface area contributed by atoms with Crippen LogP contribution < -0.4 is 5.32 Å². The zero-order valence-electron chi connectivity index (χ0n) is 9.33. The zero-order valence-corrected chi connectivity index (χ0v) is 9.33. The summed E-state index contributed by atoms with van der Waals surface area (Å²) in [5, 5.41) is 38.5. The number of urea groups is 1. The Morgan fingerprint density at radius 2 is 1.44 bits per heavy atom. The van der Waals surface area contributed by atoms with Gasteiger partial charge in [0.1, 0.15) is 0 Å². The SMILES string of the molecule is CCNC(=O)N(C(CO)CO)C(CO)CO. The lowest BCUT2D eigenvalue weighted by Crippen LogP contribution is -2.56. The van der Waals surface area contributed by atoms with Crippen molar-refractivity contribution in [3.05, 3.63) is 0 Å². The third-order valence-corrected chi connectivity index (χ3v) is 2.19. The molecule has 0 aliphatic heterocycles. The Balaban J connectivity index is 4.78. The van der Waals surface area contributed by atoms with Crippen LogP contribution >= 0.6 is 0 Å². The lowest BCUT2D eigenvalue weighted by molar-refractivity contribution is 0.0265. The van der Waals surface area contributed by atoms with Crippen LogP contribution in [-0.2, 0) is 0 Å². The Bertz CT molecular complexity index is 182. The molecule has 0 rings (SSSR count). The minimum absolute atomic E-state index is 0.377. The Kier molecular flexibility index (Phi) is 7.82. The number of hydrogen-bond acceptors (Lipinski definition) is 5. The summed E-state index contributed by atoms with van der Waals surface area (Å²) in [6, 6.07) is -2.21. The van der Waals surface area contributed by atoms with E-state index in [0.29, 0.717) is 6.54 Å². The van der Waals surface area contributed by atoms with Crippen molar-refractivity contribution in [1.29, 1.82) is 0 Å². The smallest absolute Gasteiger partial charge is 0.318 e. The molecule has 0 spiro atoms. The van der Waals surface area contributed by atoms with E-state index in [-0.39, 0.29) is 0 Å². The fourth-order valence-corrected chi connectivity index (χ4v) is 1.34. The summed E-state index contributed by atoms with van der Waals surface area (Å²) in [7, 11) is 0. The number of nitrogens with one attached hydrogen (secondary N) is 1. The highest BCUT2D eigenvalue weighted by Crippen LogP contribution is 2.06. The summed E-state index contributed by atoms with van der Waals surface area (Å²) in [5.74, 6) is 0. The largest absolute Gasteiger partial charge is 0.394 e. The average molecular weight is 236 g/mol. The van der Waals surface area contributed by atoms with Crippen LogP contribution in [-0.4, -0.2) is 76.4 Å². The van der Waals surface area contributed by atoms with E-state index in [1.165, 1.54) is 0 Å². The van der Waals surface area contributed by atoms with Gasteiger partial charge in [-0.3, -0.25) is 0 Å². The number of rotatable bonds is 7. The molecule has 0 bridgehead atoms. The van der Waals surface area contributed by atoms with Gasteiger partial charge in [0.05, 0.1) is 38.5 Å². The first-order chi connectivity index (χ1) is 7.65. The minimum Gasteiger partial charge on any atom is -0.394 e. The fraction of sp³-hybridized carbons (Fsp3) is 0.889. The first kappa shape index (κ1) is 15.1. The van der Waals surface area contributed by atoms with Crippen molar-refractivity contribution >= 4 is 6.03 Å². The van der Waals surface area contributed by atoms with E-state index < -0.39 is 44.5 Å². The predicted molar refractivity (Wildman–Crippen MR) is 56.8 cm³/mol. The molecule has 0 aliphatic rings. The van der Waals surface area contributed by atoms with Crippen LogP contribution in [0, 0.1) is 0 Å². The molecule has 0 saturated heterocycles.